The third-order valence-corrected chi connectivity index (χ3v) is 4.23. The predicted octanol–water partition coefficient (Wildman–Crippen LogP) is 3.19. The Morgan fingerprint density at radius 2 is 2.00 bits per heavy atom. The highest BCUT2D eigenvalue weighted by atomic mass is 35.5. The van der Waals surface area contributed by atoms with E-state index in [9.17, 15) is 15.0 Å². The summed E-state index contributed by atoms with van der Waals surface area (Å²) in [7, 11) is 0. The number of hydrogen-bond donors (Lipinski definition) is 3. The fourth-order valence-electron chi connectivity index (χ4n) is 2.93. The fraction of sp³-hybridized carbons (Fsp3) is 0.611. The number of esters is 1. The molecule has 0 spiro atoms. The van der Waals surface area contributed by atoms with Gasteiger partial charge in [-0.2, -0.15) is 0 Å². The highest BCUT2D eigenvalue weighted by molar-refractivity contribution is 5.85. The van der Waals surface area contributed by atoms with Crippen molar-refractivity contribution in [2.75, 3.05) is 6.54 Å². The number of hydrogen-bond acceptors (Lipinski definition) is 5. The van der Waals surface area contributed by atoms with Gasteiger partial charge in [0.1, 0.15) is 0 Å². The van der Waals surface area contributed by atoms with Crippen LogP contribution in [0, 0.1) is 11.3 Å². The maximum atomic E-state index is 12.0. The lowest BCUT2D eigenvalue weighted by atomic mass is 9.64. The number of rotatable bonds is 6. The van der Waals surface area contributed by atoms with Gasteiger partial charge in [0.2, 0.25) is 0 Å². The van der Waals surface area contributed by atoms with Gasteiger partial charge in [0.05, 0.1) is 12.0 Å². The van der Waals surface area contributed by atoms with Crippen molar-refractivity contribution in [3.05, 3.63) is 23.8 Å². The summed E-state index contributed by atoms with van der Waals surface area (Å²) < 4.78 is 5.29. The van der Waals surface area contributed by atoms with Gasteiger partial charge in [-0.1, -0.05) is 33.8 Å². The summed E-state index contributed by atoms with van der Waals surface area (Å²) in [6.45, 7) is 8.63. The molecule has 0 aliphatic heterocycles. The number of carbonyl (C=O) groups is 1. The number of aromatic hydroxyl groups is 1. The molecule has 0 heterocycles. The van der Waals surface area contributed by atoms with Gasteiger partial charge in [-0.3, -0.25) is 4.79 Å². The highest BCUT2D eigenvalue weighted by Gasteiger charge is 2.41. The number of phenols is 1. The number of ether oxygens (including phenoxy) is 1. The van der Waals surface area contributed by atoms with Crippen molar-refractivity contribution in [3.63, 3.8) is 0 Å². The average Bonchev–Trinajstić information content (AvgIpc) is 2.44. The van der Waals surface area contributed by atoms with Gasteiger partial charge < -0.3 is 20.3 Å². The van der Waals surface area contributed by atoms with Crippen molar-refractivity contribution in [1.29, 1.82) is 0 Å². The smallest absolute Gasteiger partial charge is 0.314 e. The highest BCUT2D eigenvalue weighted by Crippen LogP contribution is 2.45. The Hall–Kier alpha value is -1.30. The number of phenolic OH excluding ortho intramolecular Hbond substituents is 1. The number of benzene rings is 1. The summed E-state index contributed by atoms with van der Waals surface area (Å²) in [4.78, 5) is 12.0. The van der Waals surface area contributed by atoms with Gasteiger partial charge in [0, 0.05) is 12.6 Å². The van der Waals surface area contributed by atoms with E-state index in [1.165, 1.54) is 12.1 Å². The molecule has 2 rings (SSSR count). The van der Waals surface area contributed by atoms with Crippen molar-refractivity contribution in [3.8, 4) is 11.5 Å². The van der Waals surface area contributed by atoms with Gasteiger partial charge in [-0.05, 0) is 36.0 Å². The number of halogens is 1. The SMILES string of the molecule is CC(C)NCC(O)c1ccc(OC(=O)C2CC(C)(C)C2)c(O)c1.Cl. The quantitative estimate of drug-likeness (QED) is 0.538. The monoisotopic (exact) mass is 357 g/mol. The van der Waals surface area contributed by atoms with E-state index in [-0.39, 0.29) is 47.3 Å². The number of carbonyl (C=O) groups excluding carboxylic acids is 1. The zero-order chi connectivity index (χ0) is 17.2. The molecule has 136 valence electrons. The summed E-state index contributed by atoms with van der Waals surface area (Å²) in [6.07, 6.45) is 0.898. The number of nitrogens with one attached hydrogen (secondary N) is 1. The first-order chi connectivity index (χ1) is 10.7. The van der Waals surface area contributed by atoms with E-state index in [1.54, 1.807) is 6.07 Å². The van der Waals surface area contributed by atoms with Crippen molar-refractivity contribution in [2.24, 2.45) is 11.3 Å². The van der Waals surface area contributed by atoms with Gasteiger partial charge in [-0.25, -0.2) is 0 Å². The lowest BCUT2D eigenvalue weighted by Crippen LogP contribution is -2.38. The molecule has 1 fully saturated rings. The number of aliphatic hydroxyl groups is 1. The van der Waals surface area contributed by atoms with Gasteiger partial charge in [0.25, 0.3) is 0 Å². The maximum absolute atomic E-state index is 12.0. The first-order valence-electron chi connectivity index (χ1n) is 8.14. The van der Waals surface area contributed by atoms with E-state index in [4.69, 9.17) is 4.74 Å². The Bertz CT molecular complexity index is 566. The second kappa shape index (κ2) is 8.19. The predicted molar refractivity (Wildman–Crippen MR) is 95.6 cm³/mol. The van der Waals surface area contributed by atoms with Crippen molar-refractivity contribution < 1.29 is 19.7 Å². The molecule has 1 aromatic rings. The van der Waals surface area contributed by atoms with Gasteiger partial charge in [0.15, 0.2) is 11.5 Å². The van der Waals surface area contributed by atoms with Crippen LogP contribution in [0.2, 0.25) is 0 Å². The Morgan fingerprint density at radius 3 is 2.50 bits per heavy atom. The van der Waals surface area contributed by atoms with Crippen LogP contribution in [0.3, 0.4) is 0 Å². The van der Waals surface area contributed by atoms with Crippen molar-refractivity contribution >= 4 is 18.4 Å². The largest absolute Gasteiger partial charge is 0.504 e. The van der Waals surface area contributed by atoms with E-state index in [0.29, 0.717) is 12.1 Å². The van der Waals surface area contributed by atoms with E-state index in [0.717, 1.165) is 12.8 Å². The molecule has 0 saturated heterocycles. The minimum Gasteiger partial charge on any atom is -0.504 e. The van der Waals surface area contributed by atoms with Crippen molar-refractivity contribution in [2.45, 2.75) is 52.7 Å². The van der Waals surface area contributed by atoms with Crippen LogP contribution in [0.5, 0.6) is 11.5 Å². The summed E-state index contributed by atoms with van der Waals surface area (Å²) in [6, 6.07) is 4.91. The molecule has 0 radical (unpaired) electrons. The topological polar surface area (TPSA) is 78.8 Å². The third kappa shape index (κ3) is 5.36. The van der Waals surface area contributed by atoms with E-state index >= 15 is 0 Å². The summed E-state index contributed by atoms with van der Waals surface area (Å²) in [5.74, 6) is -0.371. The maximum Gasteiger partial charge on any atom is 0.314 e. The van der Waals surface area contributed by atoms with Crippen LogP contribution < -0.4 is 10.1 Å². The first kappa shape index (κ1) is 20.7. The zero-order valence-corrected chi connectivity index (χ0v) is 15.5. The lowest BCUT2D eigenvalue weighted by molar-refractivity contribution is -0.146. The minimum absolute atomic E-state index is 0. The molecule has 1 unspecified atom stereocenters. The third-order valence-electron chi connectivity index (χ3n) is 4.23. The second-order valence-electron chi connectivity index (χ2n) is 7.50. The second-order valence-corrected chi connectivity index (χ2v) is 7.50. The van der Waals surface area contributed by atoms with Crippen LogP contribution in [0.15, 0.2) is 18.2 Å². The standard InChI is InChI=1S/C18H27NO4.ClH/c1-11(2)19-10-15(21)12-5-6-16(14(20)7-12)23-17(22)13-8-18(3,4)9-13;/h5-7,11,13,15,19-21H,8-10H2,1-4H3;1H. The molecular formula is C18H28ClNO4. The summed E-state index contributed by atoms with van der Waals surface area (Å²) in [5, 5.41) is 23.2. The van der Waals surface area contributed by atoms with Crippen LogP contribution in [0.4, 0.5) is 0 Å². The van der Waals surface area contributed by atoms with Gasteiger partial charge in [-0.15, -0.1) is 12.4 Å². The number of aliphatic hydroxyl groups excluding tert-OH is 1. The van der Waals surface area contributed by atoms with Gasteiger partial charge >= 0.3 is 5.97 Å². The van der Waals surface area contributed by atoms with E-state index < -0.39 is 6.10 Å². The summed E-state index contributed by atoms with van der Waals surface area (Å²) in [5.41, 5.74) is 0.781. The lowest BCUT2D eigenvalue weighted by Gasteiger charge is -2.40. The molecule has 1 atom stereocenters. The van der Waals surface area contributed by atoms with Crippen LogP contribution in [-0.2, 0) is 4.79 Å². The molecule has 1 saturated carbocycles. The van der Waals surface area contributed by atoms with Crippen LogP contribution >= 0.6 is 12.4 Å². The molecule has 0 amide bonds. The van der Waals surface area contributed by atoms with E-state index in [2.05, 4.69) is 19.2 Å². The molecule has 24 heavy (non-hydrogen) atoms. The first-order valence-corrected chi connectivity index (χ1v) is 8.14. The van der Waals surface area contributed by atoms with Crippen LogP contribution in [0.25, 0.3) is 0 Å². The molecule has 1 aliphatic carbocycles. The Kier molecular flexibility index (Phi) is 7.08. The molecule has 3 N–H and O–H groups in total. The average molecular weight is 358 g/mol. The normalized spacial score (nSPS) is 17.8. The van der Waals surface area contributed by atoms with Crippen molar-refractivity contribution in [1.82, 2.24) is 5.32 Å². The minimum atomic E-state index is -0.722. The molecule has 1 aliphatic rings. The zero-order valence-electron chi connectivity index (χ0n) is 14.7. The molecule has 6 heteroatoms. The van der Waals surface area contributed by atoms with E-state index in [1.807, 2.05) is 13.8 Å². The molecule has 1 aromatic carbocycles. The Labute approximate surface area is 149 Å². The Morgan fingerprint density at radius 1 is 1.38 bits per heavy atom. The molecule has 0 bridgehead atoms. The van der Waals surface area contributed by atoms with Crippen LogP contribution in [-0.4, -0.2) is 28.8 Å². The molecule has 0 aromatic heterocycles. The Balaban J connectivity index is 0.00000288. The molecular weight excluding hydrogens is 330 g/mol. The summed E-state index contributed by atoms with van der Waals surface area (Å²) >= 11 is 0. The van der Waals surface area contributed by atoms with Crippen LogP contribution in [0.1, 0.15) is 52.2 Å². The molecule has 5 nitrogen and oxygen atoms in total. The fourth-order valence-corrected chi connectivity index (χ4v) is 2.93.